The maximum atomic E-state index is 11.9. The van der Waals surface area contributed by atoms with Gasteiger partial charge in [-0.1, -0.05) is 74.2 Å². The Morgan fingerprint density at radius 3 is 1.63 bits per heavy atom. The Morgan fingerprint density at radius 1 is 0.761 bits per heavy atom. The molecule has 0 fully saturated rings. The predicted molar refractivity (Wildman–Crippen MR) is 190 cm³/mol. The van der Waals surface area contributed by atoms with Gasteiger partial charge in [-0.15, -0.1) is 10.2 Å². The van der Waals surface area contributed by atoms with Crippen molar-refractivity contribution in [2.75, 3.05) is 25.7 Å². The number of nitrogens with zero attached hydrogens (tertiary/aromatic N) is 8. The first kappa shape index (κ1) is 38.3. The van der Waals surface area contributed by atoms with Crippen LogP contribution in [-0.4, -0.2) is 89.8 Å². The van der Waals surface area contributed by atoms with Gasteiger partial charge in [0.25, 0.3) is 0 Å². The van der Waals surface area contributed by atoms with Crippen LogP contribution in [0.15, 0.2) is 47.0 Å². The Kier molecular flexibility index (Phi) is 13.9. The van der Waals surface area contributed by atoms with Crippen LogP contribution >= 0.6 is 35.0 Å². The molecule has 0 N–H and O–H groups in total. The molecule has 0 bridgehead atoms. The summed E-state index contributed by atoms with van der Waals surface area (Å²) in [7, 11) is -5.80. The molecule has 0 radical (unpaired) electrons. The number of hydrogen-bond donors (Lipinski definition) is 0. The second kappa shape index (κ2) is 16.8. The zero-order valence-electron chi connectivity index (χ0n) is 27.5. The smallest absolute Gasteiger partial charge is 0.248 e. The number of thioether (sulfide) groups is 1. The molecular formula is C28H42Cl2N8O4S2Si2. The fraction of sp³-hybridized carbons (Fsp3) is 0.500. The van der Waals surface area contributed by atoms with Crippen molar-refractivity contribution in [3.05, 3.63) is 47.0 Å². The van der Waals surface area contributed by atoms with Crippen molar-refractivity contribution < 1.29 is 17.9 Å². The number of aromatic nitrogens is 8. The number of pyridine rings is 2. The standard InChI is InChI=1S/C14H21ClN4O3SSi.C14H21ClN4OSSi/c1-23(20,21)14-17-13(11-5-6-12(15)16-9-11)18-19(14)10-22-7-8-24(2,3)4;1-21-14-17-13(11-5-6-12(15)16-9-11)18-19(14)10-20-7-8-22(2,3)4/h5-6,9H,7-8,10H2,1-4H3;5-6,9H,7-8,10H2,1-4H3. The Labute approximate surface area is 287 Å². The van der Waals surface area contributed by atoms with Crippen molar-refractivity contribution in [3.63, 3.8) is 0 Å². The molecule has 0 saturated heterocycles. The Morgan fingerprint density at radius 2 is 1.22 bits per heavy atom. The highest BCUT2D eigenvalue weighted by atomic mass is 35.5. The van der Waals surface area contributed by atoms with Gasteiger partial charge in [-0.2, -0.15) is 4.98 Å². The molecule has 0 atom stereocenters. The van der Waals surface area contributed by atoms with Gasteiger partial charge in [-0.25, -0.2) is 32.7 Å². The summed E-state index contributed by atoms with van der Waals surface area (Å²) in [6.07, 6.45) is 6.25. The van der Waals surface area contributed by atoms with Crippen molar-refractivity contribution in [2.24, 2.45) is 0 Å². The van der Waals surface area contributed by atoms with Gasteiger partial charge in [0.1, 0.15) is 23.8 Å². The van der Waals surface area contributed by atoms with Crippen LogP contribution in [0.4, 0.5) is 0 Å². The normalized spacial score (nSPS) is 12.2. The number of rotatable bonds is 14. The molecule has 4 heterocycles. The van der Waals surface area contributed by atoms with Crippen molar-refractivity contribution in [1.82, 2.24) is 39.5 Å². The first-order valence-corrected chi connectivity index (χ1v) is 25.8. The molecule has 46 heavy (non-hydrogen) atoms. The summed E-state index contributed by atoms with van der Waals surface area (Å²) in [5, 5.41) is 10.3. The van der Waals surface area contributed by atoms with Gasteiger partial charge in [0.15, 0.2) is 16.8 Å². The Hall–Kier alpha value is -2.19. The van der Waals surface area contributed by atoms with Gasteiger partial charge in [0.05, 0.1) is 0 Å². The van der Waals surface area contributed by atoms with Crippen LogP contribution in [0.5, 0.6) is 0 Å². The van der Waals surface area contributed by atoms with Crippen LogP contribution in [0.1, 0.15) is 0 Å². The summed E-state index contributed by atoms with van der Waals surface area (Å²) < 4.78 is 38.3. The van der Waals surface area contributed by atoms with E-state index in [1.165, 1.54) is 10.9 Å². The first-order valence-electron chi connectivity index (χ1n) is 14.5. The van der Waals surface area contributed by atoms with E-state index >= 15 is 0 Å². The minimum Gasteiger partial charge on any atom is -0.359 e. The second-order valence-electron chi connectivity index (χ2n) is 12.8. The first-order chi connectivity index (χ1) is 21.4. The third-order valence-electron chi connectivity index (χ3n) is 6.18. The maximum absolute atomic E-state index is 11.9. The van der Waals surface area contributed by atoms with E-state index in [0.717, 1.165) is 35.7 Å². The molecule has 0 aromatic carbocycles. The summed E-state index contributed by atoms with van der Waals surface area (Å²) in [4.78, 5) is 16.7. The lowest BCUT2D eigenvalue weighted by Gasteiger charge is -2.15. The van der Waals surface area contributed by atoms with E-state index in [1.807, 2.05) is 12.3 Å². The monoisotopic (exact) mass is 744 g/mol. The zero-order chi connectivity index (χ0) is 34.1. The number of halogens is 2. The minimum absolute atomic E-state index is 0.0426. The van der Waals surface area contributed by atoms with E-state index in [-0.39, 0.29) is 17.7 Å². The van der Waals surface area contributed by atoms with Gasteiger partial charge in [-0.05, 0) is 42.6 Å². The van der Waals surface area contributed by atoms with Gasteiger partial charge >= 0.3 is 0 Å². The average Bonchev–Trinajstić information content (AvgIpc) is 3.58. The summed E-state index contributed by atoms with van der Waals surface area (Å²) in [6.45, 7) is 15.6. The van der Waals surface area contributed by atoms with Gasteiger partial charge in [0.2, 0.25) is 15.0 Å². The van der Waals surface area contributed by atoms with Gasteiger partial charge in [0, 0.05) is 59.1 Å². The fourth-order valence-corrected chi connectivity index (χ4v) is 6.52. The molecule has 4 rings (SSSR count). The summed E-state index contributed by atoms with van der Waals surface area (Å²) in [6, 6.07) is 9.02. The lowest BCUT2D eigenvalue weighted by atomic mass is 10.3. The topological polar surface area (TPSA) is 140 Å². The summed E-state index contributed by atoms with van der Waals surface area (Å²) >= 11 is 13.1. The highest BCUT2D eigenvalue weighted by Crippen LogP contribution is 2.21. The molecule has 4 aromatic rings. The summed E-state index contributed by atoms with van der Waals surface area (Å²) in [5.41, 5.74) is 1.44. The van der Waals surface area contributed by atoms with Crippen LogP contribution < -0.4 is 0 Å². The molecule has 0 spiro atoms. The fourth-order valence-electron chi connectivity index (χ4n) is 3.57. The Bertz CT molecular complexity index is 1660. The maximum Gasteiger partial charge on any atom is 0.248 e. The SMILES string of the molecule is CSc1nc(-c2ccc(Cl)nc2)nn1COCC[Si](C)(C)C.C[Si](C)(C)CCOCn1nc(-c2ccc(Cl)nc2)nc1S(C)(=O)=O. The number of ether oxygens (including phenoxy) is 2. The van der Waals surface area contributed by atoms with Crippen molar-refractivity contribution in [3.8, 4) is 22.8 Å². The molecule has 0 aliphatic carbocycles. The predicted octanol–water partition coefficient (Wildman–Crippen LogP) is 6.74. The van der Waals surface area contributed by atoms with Crippen LogP contribution in [0.2, 0.25) is 61.7 Å². The molecule has 18 heteroatoms. The highest BCUT2D eigenvalue weighted by Gasteiger charge is 2.21. The van der Waals surface area contributed by atoms with E-state index in [1.54, 1.807) is 40.8 Å². The molecule has 4 aromatic heterocycles. The third-order valence-corrected chi connectivity index (χ3v) is 11.7. The molecule has 12 nitrogen and oxygen atoms in total. The molecule has 0 aliphatic rings. The quantitative estimate of drug-likeness (QED) is 0.0587. The van der Waals surface area contributed by atoms with E-state index < -0.39 is 26.0 Å². The third kappa shape index (κ3) is 12.8. The minimum atomic E-state index is -3.52. The van der Waals surface area contributed by atoms with Crippen LogP contribution in [-0.2, 0) is 32.8 Å². The Balaban J connectivity index is 0.000000251. The zero-order valence-corrected chi connectivity index (χ0v) is 32.6. The molecule has 252 valence electrons. The highest BCUT2D eigenvalue weighted by molar-refractivity contribution is 7.98. The van der Waals surface area contributed by atoms with Crippen molar-refractivity contribution in [2.45, 2.75) is 75.1 Å². The number of hydrogen-bond acceptors (Lipinski definition) is 11. The number of sulfone groups is 1. The second-order valence-corrected chi connectivity index (χ2v) is 27.5. The molecule has 0 saturated carbocycles. The van der Waals surface area contributed by atoms with E-state index in [4.69, 9.17) is 32.7 Å². The van der Waals surface area contributed by atoms with E-state index in [0.29, 0.717) is 35.0 Å². The molecule has 0 amide bonds. The summed E-state index contributed by atoms with van der Waals surface area (Å²) in [5.74, 6) is 0.913. The molecule has 0 unspecified atom stereocenters. The van der Waals surface area contributed by atoms with Crippen LogP contribution in [0, 0.1) is 0 Å². The van der Waals surface area contributed by atoms with E-state index in [9.17, 15) is 8.42 Å². The average molecular weight is 746 g/mol. The van der Waals surface area contributed by atoms with Gasteiger partial charge < -0.3 is 9.47 Å². The van der Waals surface area contributed by atoms with E-state index in [2.05, 4.69) is 69.4 Å². The van der Waals surface area contributed by atoms with Crippen molar-refractivity contribution >= 4 is 60.9 Å². The van der Waals surface area contributed by atoms with Gasteiger partial charge in [-0.3, -0.25) is 0 Å². The lowest BCUT2D eigenvalue weighted by Crippen LogP contribution is -2.22. The lowest BCUT2D eigenvalue weighted by molar-refractivity contribution is 0.0715. The molecule has 0 aliphatic heterocycles. The molecular weight excluding hydrogens is 704 g/mol. The van der Waals surface area contributed by atoms with Crippen LogP contribution in [0.3, 0.4) is 0 Å². The van der Waals surface area contributed by atoms with Crippen LogP contribution in [0.25, 0.3) is 22.8 Å². The van der Waals surface area contributed by atoms with Crippen molar-refractivity contribution in [1.29, 1.82) is 0 Å². The largest absolute Gasteiger partial charge is 0.359 e.